The molecule has 6 heteroatoms. The predicted molar refractivity (Wildman–Crippen MR) is 117 cm³/mol. The zero-order valence-corrected chi connectivity index (χ0v) is 17.1. The third kappa shape index (κ3) is 4.44. The predicted octanol–water partition coefficient (Wildman–Crippen LogP) is 5.13. The first-order valence-electron chi connectivity index (χ1n) is 9.32. The van der Waals surface area contributed by atoms with Crippen molar-refractivity contribution in [3.8, 4) is 0 Å². The van der Waals surface area contributed by atoms with Gasteiger partial charge in [-0.1, -0.05) is 83.9 Å². The minimum Gasteiger partial charge on any atom is -0.355 e. The number of benzene rings is 2. The van der Waals surface area contributed by atoms with E-state index in [0.717, 1.165) is 16.8 Å². The van der Waals surface area contributed by atoms with Gasteiger partial charge in [0.25, 0.3) is 0 Å². The standard InChI is InChI=1S/C23H19Cl2N3O/c24-18-13-20(25)22-27-19(15-28(22)14-18)11-12-26-23(29)21(16-7-3-1-4-8-16)17-9-5-2-6-10-17/h1-10,13-15,21H,11-12H2,(H,26,29). The number of aromatic nitrogens is 2. The second kappa shape index (κ2) is 8.68. The van der Waals surface area contributed by atoms with Gasteiger partial charge in [-0.15, -0.1) is 0 Å². The lowest BCUT2D eigenvalue weighted by atomic mass is 9.90. The smallest absolute Gasteiger partial charge is 0.232 e. The van der Waals surface area contributed by atoms with E-state index in [4.69, 9.17) is 23.2 Å². The molecule has 0 unspecified atom stereocenters. The van der Waals surface area contributed by atoms with E-state index in [1.54, 1.807) is 16.7 Å². The van der Waals surface area contributed by atoms with Crippen LogP contribution >= 0.6 is 23.2 Å². The topological polar surface area (TPSA) is 46.4 Å². The van der Waals surface area contributed by atoms with Crippen molar-refractivity contribution in [3.63, 3.8) is 0 Å². The number of carbonyl (C=O) groups excluding carboxylic acids is 1. The lowest BCUT2D eigenvalue weighted by molar-refractivity contribution is -0.121. The molecule has 29 heavy (non-hydrogen) atoms. The Hall–Kier alpha value is -2.82. The summed E-state index contributed by atoms with van der Waals surface area (Å²) >= 11 is 12.2. The molecule has 2 aromatic carbocycles. The van der Waals surface area contributed by atoms with Crippen LogP contribution in [0.4, 0.5) is 0 Å². The van der Waals surface area contributed by atoms with Crippen LogP contribution in [0.25, 0.3) is 5.65 Å². The average molecular weight is 424 g/mol. The third-order valence-corrected chi connectivity index (χ3v) is 5.22. The van der Waals surface area contributed by atoms with E-state index in [1.165, 1.54) is 0 Å². The Bertz CT molecular complexity index is 1090. The molecule has 4 nitrogen and oxygen atoms in total. The molecule has 0 aliphatic rings. The Balaban J connectivity index is 1.48. The Kier molecular flexibility index (Phi) is 5.84. The molecular weight excluding hydrogens is 405 g/mol. The number of halogens is 2. The number of imidazole rings is 1. The number of hydrogen-bond acceptors (Lipinski definition) is 2. The summed E-state index contributed by atoms with van der Waals surface area (Å²) < 4.78 is 1.80. The number of rotatable bonds is 6. The highest BCUT2D eigenvalue weighted by Crippen LogP contribution is 2.25. The summed E-state index contributed by atoms with van der Waals surface area (Å²) in [5, 5.41) is 4.10. The van der Waals surface area contributed by atoms with Crippen molar-refractivity contribution >= 4 is 34.8 Å². The largest absolute Gasteiger partial charge is 0.355 e. The minimum atomic E-state index is -0.355. The number of amides is 1. The van der Waals surface area contributed by atoms with Gasteiger partial charge in [0.05, 0.1) is 21.7 Å². The summed E-state index contributed by atoms with van der Waals surface area (Å²) in [6.45, 7) is 0.476. The van der Waals surface area contributed by atoms with E-state index >= 15 is 0 Å². The van der Waals surface area contributed by atoms with E-state index in [1.807, 2.05) is 66.9 Å². The van der Waals surface area contributed by atoms with Crippen LogP contribution < -0.4 is 5.32 Å². The van der Waals surface area contributed by atoms with Gasteiger partial charge in [-0.3, -0.25) is 4.79 Å². The molecular formula is C23H19Cl2N3O. The van der Waals surface area contributed by atoms with Crippen LogP contribution in [0.3, 0.4) is 0 Å². The van der Waals surface area contributed by atoms with Gasteiger partial charge in [0.1, 0.15) is 0 Å². The molecule has 146 valence electrons. The van der Waals surface area contributed by atoms with Gasteiger partial charge in [-0.2, -0.15) is 0 Å². The molecule has 4 rings (SSSR count). The molecule has 2 aromatic heterocycles. The fourth-order valence-corrected chi connectivity index (χ4v) is 3.93. The minimum absolute atomic E-state index is 0.0350. The number of carbonyl (C=O) groups is 1. The van der Waals surface area contributed by atoms with E-state index < -0.39 is 0 Å². The molecule has 0 atom stereocenters. The summed E-state index contributed by atoms with van der Waals surface area (Å²) in [7, 11) is 0. The molecule has 0 aliphatic carbocycles. The molecule has 0 fully saturated rings. The second-order valence-electron chi connectivity index (χ2n) is 6.76. The lowest BCUT2D eigenvalue weighted by Crippen LogP contribution is -2.31. The molecule has 0 aliphatic heterocycles. The van der Waals surface area contributed by atoms with Crippen molar-refractivity contribution in [2.45, 2.75) is 12.3 Å². The highest BCUT2D eigenvalue weighted by atomic mass is 35.5. The van der Waals surface area contributed by atoms with Crippen molar-refractivity contribution in [2.75, 3.05) is 6.54 Å². The van der Waals surface area contributed by atoms with Crippen molar-refractivity contribution in [2.24, 2.45) is 0 Å². The van der Waals surface area contributed by atoms with Crippen molar-refractivity contribution in [3.05, 3.63) is 106 Å². The fourth-order valence-electron chi connectivity index (χ4n) is 3.40. The van der Waals surface area contributed by atoms with Crippen LogP contribution in [-0.2, 0) is 11.2 Å². The number of pyridine rings is 1. The van der Waals surface area contributed by atoms with Gasteiger partial charge in [-0.25, -0.2) is 4.98 Å². The monoisotopic (exact) mass is 423 g/mol. The summed E-state index contributed by atoms with van der Waals surface area (Å²) in [5.41, 5.74) is 3.42. The highest BCUT2D eigenvalue weighted by molar-refractivity contribution is 6.36. The molecule has 2 heterocycles. The Labute approximate surface area is 179 Å². The van der Waals surface area contributed by atoms with Crippen LogP contribution in [0.2, 0.25) is 10.0 Å². The van der Waals surface area contributed by atoms with Crippen LogP contribution in [0.5, 0.6) is 0 Å². The Morgan fingerprint density at radius 1 is 0.966 bits per heavy atom. The first-order valence-corrected chi connectivity index (χ1v) is 10.1. The highest BCUT2D eigenvalue weighted by Gasteiger charge is 2.22. The third-order valence-electron chi connectivity index (χ3n) is 4.73. The van der Waals surface area contributed by atoms with E-state index in [2.05, 4.69) is 10.3 Å². The molecule has 0 spiro atoms. The van der Waals surface area contributed by atoms with Crippen molar-refractivity contribution in [1.29, 1.82) is 0 Å². The zero-order valence-electron chi connectivity index (χ0n) is 15.6. The zero-order chi connectivity index (χ0) is 20.2. The maximum Gasteiger partial charge on any atom is 0.232 e. The first kappa shape index (κ1) is 19.5. The molecule has 1 amide bonds. The van der Waals surface area contributed by atoms with E-state index in [-0.39, 0.29) is 11.8 Å². The van der Waals surface area contributed by atoms with Gasteiger partial charge >= 0.3 is 0 Å². The molecule has 1 N–H and O–H groups in total. The summed E-state index contributed by atoms with van der Waals surface area (Å²) in [6, 6.07) is 21.3. The number of fused-ring (bicyclic) bond motifs is 1. The normalized spacial score (nSPS) is 11.1. The number of nitrogens with one attached hydrogen (secondary N) is 1. The lowest BCUT2D eigenvalue weighted by Gasteiger charge is -2.17. The molecule has 0 bridgehead atoms. The van der Waals surface area contributed by atoms with Crippen LogP contribution in [0, 0.1) is 0 Å². The average Bonchev–Trinajstić information content (AvgIpc) is 3.13. The quantitative estimate of drug-likeness (QED) is 0.466. The van der Waals surface area contributed by atoms with E-state index in [0.29, 0.717) is 28.7 Å². The van der Waals surface area contributed by atoms with Crippen LogP contribution in [0.15, 0.2) is 79.1 Å². The fraction of sp³-hybridized carbons (Fsp3) is 0.130. The second-order valence-corrected chi connectivity index (χ2v) is 7.61. The Morgan fingerprint density at radius 2 is 1.59 bits per heavy atom. The maximum absolute atomic E-state index is 13.0. The van der Waals surface area contributed by atoms with Crippen LogP contribution in [0.1, 0.15) is 22.7 Å². The van der Waals surface area contributed by atoms with Gasteiger partial charge in [0.2, 0.25) is 5.91 Å². The Morgan fingerprint density at radius 3 is 2.21 bits per heavy atom. The van der Waals surface area contributed by atoms with Gasteiger partial charge in [0, 0.05) is 25.4 Å². The molecule has 0 radical (unpaired) electrons. The van der Waals surface area contributed by atoms with Gasteiger partial charge < -0.3 is 9.72 Å². The summed E-state index contributed by atoms with van der Waals surface area (Å²) in [5.74, 6) is -0.390. The van der Waals surface area contributed by atoms with Crippen molar-refractivity contribution < 1.29 is 4.79 Å². The van der Waals surface area contributed by atoms with Gasteiger partial charge in [-0.05, 0) is 17.2 Å². The van der Waals surface area contributed by atoms with Gasteiger partial charge in [0.15, 0.2) is 5.65 Å². The van der Waals surface area contributed by atoms with Crippen LogP contribution in [-0.4, -0.2) is 21.8 Å². The first-order chi connectivity index (χ1) is 14.1. The maximum atomic E-state index is 13.0. The molecule has 0 saturated heterocycles. The SMILES string of the molecule is O=C(NCCc1cn2cc(Cl)cc(Cl)c2n1)C(c1ccccc1)c1ccccc1. The number of nitrogens with zero attached hydrogens (tertiary/aromatic N) is 2. The summed E-state index contributed by atoms with van der Waals surface area (Å²) in [6.07, 6.45) is 4.24. The molecule has 4 aromatic rings. The summed E-state index contributed by atoms with van der Waals surface area (Å²) in [4.78, 5) is 17.6. The van der Waals surface area contributed by atoms with E-state index in [9.17, 15) is 4.79 Å². The number of hydrogen-bond donors (Lipinski definition) is 1. The molecule has 0 saturated carbocycles. The van der Waals surface area contributed by atoms with Crippen molar-refractivity contribution in [1.82, 2.24) is 14.7 Å².